The summed E-state index contributed by atoms with van der Waals surface area (Å²) in [5, 5.41) is 1.16. The third-order valence-corrected chi connectivity index (χ3v) is 26.1. The number of aryl methyl sites for hydroxylation is 1. The van der Waals surface area contributed by atoms with Crippen molar-refractivity contribution in [3.8, 4) is 0 Å². The average Bonchev–Trinajstić information content (AvgIpc) is 3.05. The van der Waals surface area contributed by atoms with E-state index in [1.54, 1.807) is 0 Å². The van der Waals surface area contributed by atoms with Gasteiger partial charge in [-0.05, 0) is 0 Å². The van der Waals surface area contributed by atoms with Crippen molar-refractivity contribution in [1.82, 2.24) is 9.80 Å². The predicted molar refractivity (Wildman–Crippen MR) is 192 cm³/mol. The monoisotopic (exact) mass is 738 g/mol. The van der Waals surface area contributed by atoms with E-state index in [0.29, 0.717) is 51.7 Å². The SMILES string of the molecule is CCCCCCN1C(=O)c2c[c]([Sn]([CH2]CCC)([CH2]CCC)[CH2]CCC)c3c4c(cc(C)c(c24)C1=O)C(=O)N(CCCCCC)C3=O. The summed E-state index contributed by atoms with van der Waals surface area (Å²) in [6.45, 7) is 13.7. The molecule has 2 heterocycles. The molecule has 7 heteroatoms. The van der Waals surface area contributed by atoms with Gasteiger partial charge >= 0.3 is 283 Å². The maximum atomic E-state index is 14.8. The van der Waals surface area contributed by atoms with Gasteiger partial charge in [0.2, 0.25) is 0 Å². The van der Waals surface area contributed by atoms with Gasteiger partial charge in [-0.3, -0.25) is 0 Å². The first-order chi connectivity index (χ1) is 22.2. The Kier molecular flexibility index (Phi) is 13.3. The van der Waals surface area contributed by atoms with Crippen molar-refractivity contribution in [3.63, 3.8) is 0 Å². The second kappa shape index (κ2) is 16.7. The molecule has 2 aromatic rings. The van der Waals surface area contributed by atoms with Gasteiger partial charge in [0.05, 0.1) is 0 Å². The molecule has 0 radical (unpaired) electrons. The van der Waals surface area contributed by atoms with Gasteiger partial charge < -0.3 is 0 Å². The Labute approximate surface area is 281 Å². The molecule has 2 aliphatic heterocycles. The van der Waals surface area contributed by atoms with Crippen LogP contribution in [-0.2, 0) is 0 Å². The Bertz CT molecular complexity index is 1430. The van der Waals surface area contributed by atoms with E-state index in [9.17, 15) is 19.2 Å². The molecule has 0 atom stereocenters. The quantitative estimate of drug-likeness (QED) is 0.0771. The molecule has 0 unspecified atom stereocenters. The van der Waals surface area contributed by atoms with Gasteiger partial charge in [0.1, 0.15) is 0 Å². The molecule has 6 nitrogen and oxygen atoms in total. The van der Waals surface area contributed by atoms with Crippen molar-refractivity contribution >= 4 is 56.4 Å². The summed E-state index contributed by atoms with van der Waals surface area (Å²) < 4.78 is 4.57. The maximum absolute atomic E-state index is 14.8. The van der Waals surface area contributed by atoms with Crippen LogP contribution in [0, 0.1) is 6.92 Å². The normalized spacial score (nSPS) is 14.7. The zero-order chi connectivity index (χ0) is 33.4. The van der Waals surface area contributed by atoms with Crippen molar-refractivity contribution in [1.29, 1.82) is 0 Å². The van der Waals surface area contributed by atoms with Gasteiger partial charge in [0.15, 0.2) is 0 Å². The number of hydrogen-bond acceptors (Lipinski definition) is 4. The first-order valence-corrected chi connectivity index (χ1v) is 26.1. The Morgan fingerprint density at radius 2 is 0.913 bits per heavy atom. The Balaban J connectivity index is 2.04. The number of rotatable bonds is 20. The van der Waals surface area contributed by atoms with Gasteiger partial charge in [-0.2, -0.15) is 0 Å². The van der Waals surface area contributed by atoms with Gasteiger partial charge in [0, 0.05) is 0 Å². The molecule has 0 N–H and O–H groups in total. The molecule has 4 rings (SSSR count). The first kappa shape index (κ1) is 36.6. The van der Waals surface area contributed by atoms with Crippen molar-refractivity contribution in [2.24, 2.45) is 0 Å². The number of amides is 4. The van der Waals surface area contributed by atoms with Crippen LogP contribution in [0.3, 0.4) is 0 Å². The topological polar surface area (TPSA) is 74.8 Å². The van der Waals surface area contributed by atoms with Crippen LogP contribution >= 0.6 is 0 Å². The number of nitrogens with zero attached hydrogens (tertiary/aromatic N) is 2. The predicted octanol–water partition coefficient (Wildman–Crippen LogP) is 9.56. The van der Waals surface area contributed by atoms with E-state index in [1.165, 1.54) is 9.80 Å². The standard InChI is InChI=1S/C27H31N2O4.3C4H9.Sn/c1-4-6-8-10-14-28-24(30)18-12-13-19-23-21(17(3)16-20(22(18)23)26(28)32)27(33)29(25(19)31)15-11-9-7-5-2;3*1-3-4-2;/h13,16H,4-11,14-15H2,1-3H3;3*1,3-4H2,2H3;. The third kappa shape index (κ3) is 7.12. The molecule has 0 aliphatic carbocycles. The number of carbonyl (C=O) groups is 4. The van der Waals surface area contributed by atoms with Crippen LogP contribution in [0.25, 0.3) is 10.8 Å². The summed E-state index contributed by atoms with van der Waals surface area (Å²) in [6.07, 6.45) is 14.5. The summed E-state index contributed by atoms with van der Waals surface area (Å²) in [7, 11) is 0. The molecule has 0 fully saturated rings. The summed E-state index contributed by atoms with van der Waals surface area (Å²) in [6, 6.07) is 3.96. The van der Waals surface area contributed by atoms with Crippen molar-refractivity contribution in [2.45, 2.75) is 145 Å². The minimum absolute atomic E-state index is 0.196. The second-order valence-corrected chi connectivity index (χ2v) is 27.1. The number of benzene rings is 2. The molecule has 0 aromatic heterocycles. The van der Waals surface area contributed by atoms with E-state index in [4.69, 9.17) is 0 Å². The zero-order valence-electron chi connectivity index (χ0n) is 29.6. The third-order valence-electron chi connectivity index (χ3n) is 10.5. The van der Waals surface area contributed by atoms with Crippen molar-refractivity contribution in [3.05, 3.63) is 39.9 Å². The molecule has 46 heavy (non-hydrogen) atoms. The zero-order valence-corrected chi connectivity index (χ0v) is 32.5. The van der Waals surface area contributed by atoms with E-state index in [2.05, 4.69) is 40.7 Å². The summed E-state index contributed by atoms with van der Waals surface area (Å²) >= 11 is -3.36. The van der Waals surface area contributed by atoms with Crippen LogP contribution in [0.5, 0.6) is 0 Å². The molecule has 4 amide bonds. The fraction of sp³-hybridized carbons (Fsp3) is 0.641. The van der Waals surface area contributed by atoms with E-state index in [-0.39, 0.29) is 23.6 Å². The van der Waals surface area contributed by atoms with E-state index < -0.39 is 18.4 Å². The van der Waals surface area contributed by atoms with Gasteiger partial charge in [-0.25, -0.2) is 0 Å². The molecule has 0 spiro atoms. The summed E-state index contributed by atoms with van der Waals surface area (Å²) in [5.74, 6) is -0.999. The van der Waals surface area contributed by atoms with Gasteiger partial charge in [-0.15, -0.1) is 0 Å². The number of unbranched alkanes of at least 4 members (excludes halogenated alkanes) is 9. The first-order valence-electron chi connectivity index (χ1n) is 18.6. The molecule has 2 aliphatic rings. The fourth-order valence-corrected chi connectivity index (χ4v) is 24.6. The minimum atomic E-state index is -3.36. The molecule has 2 aromatic carbocycles. The molecule has 0 bridgehead atoms. The molecule has 0 saturated heterocycles. The number of hydrogen-bond donors (Lipinski definition) is 0. The van der Waals surface area contributed by atoms with E-state index >= 15 is 0 Å². The molecular formula is C39H58N2O4Sn. The van der Waals surface area contributed by atoms with Crippen molar-refractivity contribution < 1.29 is 19.2 Å². The second-order valence-electron chi connectivity index (χ2n) is 13.9. The van der Waals surface area contributed by atoms with Crippen LogP contribution < -0.4 is 3.58 Å². The van der Waals surface area contributed by atoms with E-state index in [1.807, 2.05) is 13.0 Å². The molecule has 252 valence electrons. The molecular weight excluding hydrogens is 679 g/mol. The summed E-state index contributed by atoms with van der Waals surface area (Å²) in [4.78, 5) is 60.5. The van der Waals surface area contributed by atoms with Gasteiger partial charge in [-0.1, -0.05) is 0 Å². The van der Waals surface area contributed by atoms with E-state index in [0.717, 1.165) is 107 Å². The average molecular weight is 738 g/mol. The van der Waals surface area contributed by atoms with Crippen LogP contribution in [0.2, 0.25) is 13.3 Å². The molecule has 0 saturated carbocycles. The number of carbonyl (C=O) groups excluding carboxylic acids is 4. The Morgan fingerprint density at radius 3 is 1.37 bits per heavy atom. The van der Waals surface area contributed by atoms with Crippen LogP contribution in [0.15, 0.2) is 12.1 Å². The van der Waals surface area contributed by atoms with Crippen molar-refractivity contribution in [2.75, 3.05) is 13.1 Å². The fourth-order valence-electron chi connectivity index (χ4n) is 7.89. The Hall–Kier alpha value is -2.22. The Morgan fingerprint density at radius 1 is 0.500 bits per heavy atom. The van der Waals surface area contributed by atoms with Gasteiger partial charge in [0.25, 0.3) is 0 Å². The van der Waals surface area contributed by atoms with Crippen LogP contribution in [-0.4, -0.2) is 64.9 Å². The summed E-state index contributed by atoms with van der Waals surface area (Å²) in [5.41, 5.74) is 2.94. The number of imide groups is 2. The van der Waals surface area contributed by atoms with Crippen LogP contribution in [0.1, 0.15) is 172 Å². The van der Waals surface area contributed by atoms with Crippen LogP contribution in [0.4, 0.5) is 0 Å².